The second-order valence-corrected chi connectivity index (χ2v) is 9.66. The van der Waals surface area contributed by atoms with Gasteiger partial charge in [0.05, 0.1) is 5.02 Å². The van der Waals surface area contributed by atoms with Crippen LogP contribution < -0.4 is 5.32 Å². The van der Waals surface area contributed by atoms with Crippen LogP contribution in [0.1, 0.15) is 32.3 Å². The van der Waals surface area contributed by atoms with Crippen molar-refractivity contribution in [3.05, 3.63) is 105 Å². The Morgan fingerprint density at radius 3 is 2.62 bits per heavy atom. The van der Waals surface area contributed by atoms with Crippen LogP contribution in [0.15, 0.2) is 72.9 Å². The number of fused-ring (bicyclic) bond motifs is 2. The van der Waals surface area contributed by atoms with Gasteiger partial charge in [0.25, 0.3) is 5.91 Å². The molecule has 2 N–H and O–H groups in total. The van der Waals surface area contributed by atoms with Gasteiger partial charge >= 0.3 is 0 Å². The van der Waals surface area contributed by atoms with Crippen LogP contribution in [0.3, 0.4) is 0 Å². The zero-order valence-corrected chi connectivity index (χ0v) is 19.6. The molecular formula is C26H20Cl2N2OS. The lowest BCUT2D eigenvalue weighted by Crippen LogP contribution is -2.28. The predicted octanol–water partition coefficient (Wildman–Crippen LogP) is 7.56. The quantitative estimate of drug-likeness (QED) is 0.268. The molecule has 160 valence electrons. The largest absolute Gasteiger partial charge is 0.361 e. The number of rotatable bonds is 5. The first-order valence-corrected chi connectivity index (χ1v) is 11.9. The second-order valence-electron chi connectivity index (χ2n) is 7.82. The SMILES string of the molecule is Cc1ccc2c(Cl)c(C(=O)NCC(c3ccccc3Cl)c3c[nH]c4ccccc34)sc2c1. The fourth-order valence-electron chi connectivity index (χ4n) is 4.12. The molecule has 0 fully saturated rings. The molecule has 5 rings (SSSR count). The number of aryl methyl sites for hydroxylation is 1. The van der Waals surface area contributed by atoms with E-state index in [0.29, 0.717) is 21.5 Å². The first-order valence-electron chi connectivity index (χ1n) is 10.3. The van der Waals surface area contributed by atoms with Crippen molar-refractivity contribution in [1.82, 2.24) is 10.3 Å². The standard InChI is InChI=1S/C26H20Cl2N2OS/c1-15-10-11-18-23(12-15)32-25(24(18)28)26(31)30-14-19(16-6-2-4-8-21(16)27)20-13-29-22-9-5-3-7-17(20)22/h2-13,19,29H,14H2,1H3,(H,30,31). The Balaban J connectivity index is 1.49. The molecule has 0 bridgehead atoms. The van der Waals surface area contributed by atoms with Gasteiger partial charge in [-0.2, -0.15) is 0 Å². The molecule has 2 aromatic heterocycles. The van der Waals surface area contributed by atoms with Gasteiger partial charge in [-0.05, 0) is 41.8 Å². The third-order valence-corrected chi connectivity index (χ3v) is 7.74. The van der Waals surface area contributed by atoms with Crippen LogP contribution in [0.25, 0.3) is 21.0 Å². The molecule has 0 saturated heterocycles. The Kier molecular flexibility index (Phi) is 5.68. The van der Waals surface area contributed by atoms with Gasteiger partial charge in [0, 0.05) is 44.7 Å². The molecule has 0 radical (unpaired) electrons. The molecule has 1 amide bonds. The molecule has 0 aliphatic heterocycles. The van der Waals surface area contributed by atoms with Crippen molar-refractivity contribution in [2.24, 2.45) is 0 Å². The van der Waals surface area contributed by atoms with Crippen LogP contribution in [-0.2, 0) is 0 Å². The normalized spacial score (nSPS) is 12.3. The molecule has 6 heteroatoms. The third kappa shape index (κ3) is 3.79. The van der Waals surface area contributed by atoms with E-state index in [-0.39, 0.29) is 11.8 Å². The number of thiophene rings is 1. The van der Waals surface area contributed by atoms with Gasteiger partial charge in [-0.1, -0.05) is 71.7 Å². The highest BCUT2D eigenvalue weighted by molar-refractivity contribution is 7.21. The highest BCUT2D eigenvalue weighted by Crippen LogP contribution is 2.37. The topological polar surface area (TPSA) is 44.9 Å². The van der Waals surface area contributed by atoms with Crippen LogP contribution in [0, 0.1) is 6.92 Å². The number of nitrogens with one attached hydrogen (secondary N) is 2. The van der Waals surface area contributed by atoms with Crippen molar-refractivity contribution < 1.29 is 4.79 Å². The number of aromatic amines is 1. The summed E-state index contributed by atoms with van der Waals surface area (Å²) in [6, 6.07) is 21.9. The summed E-state index contributed by atoms with van der Waals surface area (Å²) < 4.78 is 1.01. The molecule has 1 atom stereocenters. The summed E-state index contributed by atoms with van der Waals surface area (Å²) in [6.07, 6.45) is 2.00. The summed E-state index contributed by atoms with van der Waals surface area (Å²) in [6.45, 7) is 2.43. The Hall–Kier alpha value is -2.79. The highest BCUT2D eigenvalue weighted by Gasteiger charge is 2.23. The Bertz CT molecular complexity index is 1450. The lowest BCUT2D eigenvalue weighted by molar-refractivity contribution is 0.0956. The lowest BCUT2D eigenvalue weighted by Gasteiger charge is -2.19. The third-order valence-electron chi connectivity index (χ3n) is 5.74. The van der Waals surface area contributed by atoms with E-state index in [0.717, 1.165) is 37.7 Å². The Labute approximate surface area is 200 Å². The molecule has 5 aromatic rings. The van der Waals surface area contributed by atoms with E-state index in [1.165, 1.54) is 11.3 Å². The number of carbonyl (C=O) groups excluding carboxylic acids is 1. The Morgan fingerprint density at radius 2 is 1.78 bits per heavy atom. The number of aromatic nitrogens is 1. The van der Waals surface area contributed by atoms with Crippen molar-refractivity contribution in [2.45, 2.75) is 12.8 Å². The number of amides is 1. The number of halogens is 2. The van der Waals surface area contributed by atoms with E-state index in [2.05, 4.69) is 22.4 Å². The van der Waals surface area contributed by atoms with Crippen molar-refractivity contribution in [1.29, 1.82) is 0 Å². The van der Waals surface area contributed by atoms with Crippen LogP contribution in [0.2, 0.25) is 10.0 Å². The average Bonchev–Trinajstić information content (AvgIpc) is 3.36. The summed E-state index contributed by atoms with van der Waals surface area (Å²) in [4.78, 5) is 17.0. The zero-order valence-electron chi connectivity index (χ0n) is 17.3. The second kappa shape index (κ2) is 8.62. The molecule has 0 spiro atoms. The monoisotopic (exact) mass is 478 g/mol. The highest BCUT2D eigenvalue weighted by atomic mass is 35.5. The maximum atomic E-state index is 13.1. The molecule has 0 aliphatic carbocycles. The van der Waals surface area contributed by atoms with Crippen molar-refractivity contribution in [2.75, 3.05) is 6.54 Å². The molecule has 1 unspecified atom stereocenters. The van der Waals surface area contributed by atoms with E-state index in [9.17, 15) is 4.79 Å². The molecular weight excluding hydrogens is 459 g/mol. The lowest BCUT2D eigenvalue weighted by atomic mass is 9.90. The molecule has 3 aromatic carbocycles. The van der Waals surface area contributed by atoms with Gasteiger partial charge in [-0.25, -0.2) is 0 Å². The van der Waals surface area contributed by atoms with Crippen molar-refractivity contribution in [3.8, 4) is 0 Å². The fraction of sp³-hybridized carbons (Fsp3) is 0.115. The van der Waals surface area contributed by atoms with E-state index >= 15 is 0 Å². The fourth-order valence-corrected chi connectivity index (χ4v) is 5.92. The van der Waals surface area contributed by atoms with Gasteiger partial charge in [0.1, 0.15) is 4.88 Å². The first kappa shape index (κ1) is 21.1. The number of H-pyrrole nitrogens is 1. The van der Waals surface area contributed by atoms with E-state index < -0.39 is 0 Å². The van der Waals surface area contributed by atoms with Gasteiger partial charge < -0.3 is 10.3 Å². The maximum absolute atomic E-state index is 13.1. The van der Waals surface area contributed by atoms with E-state index in [4.69, 9.17) is 23.2 Å². The molecule has 3 nitrogen and oxygen atoms in total. The number of carbonyl (C=O) groups is 1. The summed E-state index contributed by atoms with van der Waals surface area (Å²) >= 11 is 14.6. The smallest absolute Gasteiger partial charge is 0.262 e. The maximum Gasteiger partial charge on any atom is 0.262 e. The van der Waals surface area contributed by atoms with Gasteiger partial charge in [-0.3, -0.25) is 4.79 Å². The van der Waals surface area contributed by atoms with Crippen molar-refractivity contribution in [3.63, 3.8) is 0 Å². The number of hydrogen-bond acceptors (Lipinski definition) is 2. The molecule has 0 saturated carbocycles. The minimum atomic E-state index is -0.175. The average molecular weight is 479 g/mol. The zero-order chi connectivity index (χ0) is 22.2. The minimum absolute atomic E-state index is 0.112. The van der Waals surface area contributed by atoms with Gasteiger partial charge in [0.2, 0.25) is 0 Å². The predicted molar refractivity (Wildman–Crippen MR) is 135 cm³/mol. The van der Waals surface area contributed by atoms with Crippen molar-refractivity contribution >= 4 is 61.4 Å². The van der Waals surface area contributed by atoms with Crippen LogP contribution >= 0.6 is 34.5 Å². The van der Waals surface area contributed by atoms with Gasteiger partial charge in [0.15, 0.2) is 0 Å². The molecule has 32 heavy (non-hydrogen) atoms. The van der Waals surface area contributed by atoms with Crippen LogP contribution in [-0.4, -0.2) is 17.4 Å². The number of hydrogen-bond donors (Lipinski definition) is 2. The van der Waals surface area contributed by atoms with E-state index in [1.54, 1.807) is 0 Å². The number of benzene rings is 3. The summed E-state index contributed by atoms with van der Waals surface area (Å²) in [5, 5.41) is 6.31. The summed E-state index contributed by atoms with van der Waals surface area (Å²) in [5.41, 5.74) is 4.25. The van der Waals surface area contributed by atoms with Crippen LogP contribution in [0.5, 0.6) is 0 Å². The van der Waals surface area contributed by atoms with E-state index in [1.807, 2.05) is 67.7 Å². The summed E-state index contributed by atoms with van der Waals surface area (Å²) in [5.74, 6) is -0.287. The minimum Gasteiger partial charge on any atom is -0.361 e. The molecule has 0 aliphatic rings. The first-order chi connectivity index (χ1) is 15.5. The Morgan fingerprint density at radius 1 is 1.00 bits per heavy atom. The van der Waals surface area contributed by atoms with Gasteiger partial charge in [-0.15, -0.1) is 11.3 Å². The number of para-hydroxylation sites is 1. The van der Waals surface area contributed by atoms with Crippen LogP contribution in [0.4, 0.5) is 0 Å². The summed E-state index contributed by atoms with van der Waals surface area (Å²) in [7, 11) is 0. The molecule has 2 heterocycles.